The molecule has 2 aromatic carbocycles. The zero-order valence-corrected chi connectivity index (χ0v) is 18.0. The highest BCUT2D eigenvalue weighted by molar-refractivity contribution is 7.88. The van der Waals surface area contributed by atoms with Crippen LogP contribution in [0.3, 0.4) is 0 Å². The van der Waals surface area contributed by atoms with Crippen molar-refractivity contribution in [2.75, 3.05) is 0 Å². The minimum Gasteiger partial charge on any atom is -0.376 e. The number of aryl methyl sites for hydroxylation is 2. The van der Waals surface area contributed by atoms with Gasteiger partial charge in [-0.1, -0.05) is 64.1 Å². The second-order valence-electron chi connectivity index (χ2n) is 6.31. The van der Waals surface area contributed by atoms with Gasteiger partial charge in [0.15, 0.2) is 0 Å². The fourth-order valence-corrected chi connectivity index (χ4v) is 2.48. The van der Waals surface area contributed by atoms with Crippen molar-refractivity contribution < 1.29 is 25.8 Å². The second-order valence-corrected chi connectivity index (χ2v) is 7.85. The summed E-state index contributed by atoms with van der Waals surface area (Å²) in [6, 6.07) is 14.0. The molecule has 0 amide bonds. The van der Waals surface area contributed by atoms with Gasteiger partial charge in [0.05, 0.1) is 0 Å². The minimum absolute atomic E-state index is 0.305. The third kappa shape index (κ3) is 9.26. The van der Waals surface area contributed by atoms with E-state index >= 15 is 0 Å². The van der Waals surface area contributed by atoms with Gasteiger partial charge in [-0.25, -0.2) is 0 Å². The van der Waals surface area contributed by atoms with E-state index in [1.807, 2.05) is 27.7 Å². The summed E-state index contributed by atoms with van der Waals surface area (Å²) < 4.78 is 62.0. The van der Waals surface area contributed by atoms with Crippen LogP contribution in [0.4, 0.5) is 13.2 Å². The molecule has 0 aliphatic rings. The maximum absolute atomic E-state index is 12.1. The molecule has 0 saturated carbocycles. The van der Waals surface area contributed by atoms with E-state index in [1.54, 1.807) is 6.07 Å². The smallest absolute Gasteiger partial charge is 0.376 e. The van der Waals surface area contributed by atoms with Crippen LogP contribution in [0.15, 0.2) is 48.5 Å². The summed E-state index contributed by atoms with van der Waals surface area (Å²) in [4.78, 5) is 0. The molecule has 0 bridgehead atoms. The first-order valence-corrected chi connectivity index (χ1v) is 10.4. The first kappa shape index (κ1) is 26.0. The topological polar surface area (TPSA) is 43.4 Å². The van der Waals surface area contributed by atoms with Crippen LogP contribution >= 0.6 is 0 Å². The molecule has 0 N–H and O–H groups in total. The molecule has 2 aromatic rings. The van der Waals surface area contributed by atoms with Gasteiger partial charge in [0.1, 0.15) is 5.75 Å². The van der Waals surface area contributed by atoms with Crippen molar-refractivity contribution in [1.82, 2.24) is 0 Å². The predicted octanol–water partition coefficient (Wildman–Crippen LogP) is 6.44. The molecule has 0 aliphatic heterocycles. The van der Waals surface area contributed by atoms with Gasteiger partial charge >= 0.3 is 15.6 Å². The number of hydrogen-bond donors (Lipinski definition) is 0. The van der Waals surface area contributed by atoms with Crippen molar-refractivity contribution >= 4 is 10.1 Å². The van der Waals surface area contributed by atoms with E-state index in [2.05, 4.69) is 42.3 Å². The molecule has 0 aromatic heterocycles. The zero-order chi connectivity index (χ0) is 22.0. The van der Waals surface area contributed by atoms with E-state index in [9.17, 15) is 21.6 Å². The van der Waals surface area contributed by atoms with E-state index < -0.39 is 15.6 Å². The van der Waals surface area contributed by atoms with Crippen molar-refractivity contribution in [2.24, 2.45) is 5.92 Å². The van der Waals surface area contributed by atoms with Gasteiger partial charge in [-0.15, -0.1) is 0 Å². The number of hydrogen-bond acceptors (Lipinski definition) is 3. The summed E-state index contributed by atoms with van der Waals surface area (Å²) in [7, 11) is -5.60. The monoisotopic (exact) mass is 418 g/mol. The lowest BCUT2D eigenvalue weighted by atomic mass is 10.0. The highest BCUT2D eigenvalue weighted by atomic mass is 32.2. The molecule has 7 heteroatoms. The summed E-state index contributed by atoms with van der Waals surface area (Å²) in [5.41, 5.74) is -1.96. The highest BCUT2D eigenvalue weighted by Gasteiger charge is 2.48. The molecular weight excluding hydrogens is 389 g/mol. The van der Waals surface area contributed by atoms with Crippen molar-refractivity contribution in [3.8, 4) is 5.75 Å². The molecule has 0 heterocycles. The molecule has 0 spiro atoms. The Kier molecular flexibility index (Phi) is 10.9. The maximum atomic E-state index is 12.1. The quantitative estimate of drug-likeness (QED) is 0.424. The Bertz CT molecular complexity index is 793. The first-order valence-electron chi connectivity index (χ1n) is 9.04. The van der Waals surface area contributed by atoms with Crippen LogP contribution in [-0.4, -0.2) is 13.9 Å². The van der Waals surface area contributed by atoms with Crippen LogP contribution in [0.5, 0.6) is 5.75 Å². The molecule has 28 heavy (non-hydrogen) atoms. The molecule has 2 rings (SSSR count). The van der Waals surface area contributed by atoms with Gasteiger partial charge < -0.3 is 4.18 Å². The Morgan fingerprint density at radius 2 is 1.43 bits per heavy atom. The van der Waals surface area contributed by atoms with E-state index in [0.717, 1.165) is 5.56 Å². The number of rotatable bonds is 4. The largest absolute Gasteiger partial charge is 0.534 e. The summed E-state index contributed by atoms with van der Waals surface area (Å²) in [6.45, 7) is 12.1. The zero-order valence-electron chi connectivity index (χ0n) is 17.2. The van der Waals surface area contributed by atoms with Crippen LogP contribution in [0.2, 0.25) is 0 Å². The fourth-order valence-electron chi connectivity index (χ4n) is 2.03. The van der Waals surface area contributed by atoms with Crippen LogP contribution in [0.1, 0.15) is 44.4 Å². The highest BCUT2D eigenvalue weighted by Crippen LogP contribution is 2.27. The second kappa shape index (κ2) is 11.7. The van der Waals surface area contributed by atoms with E-state index in [-0.39, 0.29) is 5.75 Å². The van der Waals surface area contributed by atoms with Crippen molar-refractivity contribution in [3.05, 3.63) is 65.2 Å². The summed E-state index contributed by atoms with van der Waals surface area (Å²) in [5, 5.41) is 0. The molecule has 3 nitrogen and oxygen atoms in total. The van der Waals surface area contributed by atoms with Gasteiger partial charge in [0, 0.05) is 0 Å². The normalized spacial score (nSPS) is 11.1. The Morgan fingerprint density at radius 3 is 1.82 bits per heavy atom. The Hall–Kier alpha value is -2.02. The average Bonchev–Trinajstić information content (AvgIpc) is 2.58. The third-order valence-electron chi connectivity index (χ3n) is 3.46. The SMILES string of the molecule is CC.CC(C)Cc1cccc(OS(=O)(=O)C(F)(F)F)c1.Cc1ccccc1C. The Morgan fingerprint density at radius 1 is 0.929 bits per heavy atom. The van der Waals surface area contributed by atoms with E-state index in [1.165, 1.54) is 29.3 Å². The van der Waals surface area contributed by atoms with E-state index in [4.69, 9.17) is 0 Å². The molecule has 0 atom stereocenters. The summed E-state index contributed by atoms with van der Waals surface area (Å²) in [5.74, 6) is -0.0232. The van der Waals surface area contributed by atoms with Crippen molar-refractivity contribution in [3.63, 3.8) is 0 Å². The van der Waals surface area contributed by atoms with E-state index in [0.29, 0.717) is 12.3 Å². The van der Waals surface area contributed by atoms with Gasteiger partial charge in [0.2, 0.25) is 0 Å². The van der Waals surface area contributed by atoms with Gasteiger partial charge in [-0.2, -0.15) is 21.6 Å². The molecule has 0 saturated heterocycles. The van der Waals surface area contributed by atoms with Crippen LogP contribution in [-0.2, 0) is 16.5 Å². The predicted molar refractivity (Wildman–Crippen MR) is 108 cm³/mol. The molecule has 0 radical (unpaired) electrons. The number of benzene rings is 2. The lowest BCUT2D eigenvalue weighted by molar-refractivity contribution is -0.0500. The average molecular weight is 419 g/mol. The van der Waals surface area contributed by atoms with Gasteiger partial charge in [0.25, 0.3) is 0 Å². The maximum Gasteiger partial charge on any atom is 0.534 e. The summed E-state index contributed by atoms with van der Waals surface area (Å²) in [6.07, 6.45) is 0.628. The van der Waals surface area contributed by atoms with Gasteiger partial charge in [-0.3, -0.25) is 0 Å². The first-order chi connectivity index (χ1) is 12.9. The van der Waals surface area contributed by atoms with Crippen LogP contribution < -0.4 is 4.18 Å². The molecular formula is C21H29F3O3S. The lowest BCUT2D eigenvalue weighted by Gasteiger charge is -2.11. The fraction of sp³-hybridized carbons (Fsp3) is 0.429. The molecule has 0 fully saturated rings. The van der Waals surface area contributed by atoms with Gasteiger partial charge in [-0.05, 0) is 55.0 Å². The van der Waals surface area contributed by atoms with Crippen molar-refractivity contribution in [1.29, 1.82) is 0 Å². The minimum atomic E-state index is -5.60. The Balaban J connectivity index is 0.000000604. The third-order valence-corrected chi connectivity index (χ3v) is 4.44. The molecule has 0 unspecified atom stereocenters. The van der Waals surface area contributed by atoms with Crippen LogP contribution in [0, 0.1) is 19.8 Å². The van der Waals surface area contributed by atoms with Crippen LogP contribution in [0.25, 0.3) is 0 Å². The molecule has 158 valence electrons. The summed E-state index contributed by atoms with van der Waals surface area (Å²) >= 11 is 0. The standard InChI is InChI=1S/C11H13F3O3S.C8H10.C2H6/c1-8(2)6-9-4-3-5-10(7-9)17-18(15,16)11(12,13)14;1-7-5-3-4-6-8(7)2;1-2/h3-5,7-8H,6H2,1-2H3;3-6H,1-2H3;1-2H3. The number of alkyl halides is 3. The lowest BCUT2D eigenvalue weighted by Crippen LogP contribution is -2.28. The molecule has 0 aliphatic carbocycles. The number of halogens is 3. The Labute approximate surface area is 166 Å². The van der Waals surface area contributed by atoms with Crippen molar-refractivity contribution in [2.45, 2.75) is 53.5 Å².